The van der Waals surface area contributed by atoms with Crippen molar-refractivity contribution in [2.45, 2.75) is 6.92 Å². The largest absolute Gasteiger partial charge is 0.497 e. The molecular formula is C25H21ClN2O4. The van der Waals surface area contributed by atoms with Crippen LogP contribution >= 0.6 is 11.6 Å². The number of hydrogen-bond donors (Lipinski definition) is 1. The van der Waals surface area contributed by atoms with Gasteiger partial charge < -0.3 is 14.5 Å². The summed E-state index contributed by atoms with van der Waals surface area (Å²) in [6.45, 7) is 1.44. The molecule has 0 aliphatic heterocycles. The van der Waals surface area contributed by atoms with Crippen LogP contribution in [0.25, 0.3) is 10.9 Å². The van der Waals surface area contributed by atoms with Crippen molar-refractivity contribution in [2.24, 2.45) is 0 Å². The Labute approximate surface area is 190 Å². The third-order valence-corrected chi connectivity index (χ3v) is 5.36. The Morgan fingerprint density at radius 1 is 0.906 bits per heavy atom. The molecule has 7 heteroatoms. The molecule has 0 atom stereocenters. The van der Waals surface area contributed by atoms with Crippen LogP contribution in [0.15, 0.2) is 66.7 Å². The van der Waals surface area contributed by atoms with Crippen molar-refractivity contribution in [3.8, 4) is 11.5 Å². The van der Waals surface area contributed by atoms with Gasteiger partial charge in [-0.3, -0.25) is 14.5 Å². The lowest BCUT2D eigenvalue weighted by atomic mass is 10.1. The van der Waals surface area contributed by atoms with Gasteiger partial charge in [-0.1, -0.05) is 41.9 Å². The monoisotopic (exact) mass is 448 g/mol. The molecule has 0 aliphatic carbocycles. The maximum absolute atomic E-state index is 13.5. The molecule has 0 fully saturated rings. The molecule has 4 aromatic rings. The standard InChI is InChI=1S/C25H21ClN2O4/c1-15(29)28(18-12-19(31-2)14-20(13-18)32-3)24-21-10-9-17(26)11-22(21)27-23(24)25(30)16-7-5-4-6-8-16/h4-14,27H,1-3H3. The quantitative estimate of drug-likeness (QED) is 0.381. The molecule has 4 rings (SSSR count). The van der Waals surface area contributed by atoms with E-state index in [0.717, 1.165) is 0 Å². The second-order valence-corrected chi connectivity index (χ2v) is 7.60. The van der Waals surface area contributed by atoms with Gasteiger partial charge in [0.1, 0.15) is 17.2 Å². The number of aromatic amines is 1. The average molecular weight is 449 g/mol. The number of H-pyrrole nitrogens is 1. The van der Waals surface area contributed by atoms with Gasteiger partial charge in [-0.2, -0.15) is 0 Å². The van der Waals surface area contributed by atoms with Gasteiger partial charge in [0.2, 0.25) is 11.7 Å². The molecule has 0 aliphatic rings. The van der Waals surface area contributed by atoms with E-state index in [-0.39, 0.29) is 17.4 Å². The first kappa shape index (κ1) is 21.5. The Kier molecular flexibility index (Phi) is 5.88. The summed E-state index contributed by atoms with van der Waals surface area (Å²) in [5.74, 6) is 0.515. The zero-order valence-corrected chi connectivity index (χ0v) is 18.6. The number of ketones is 1. The summed E-state index contributed by atoms with van der Waals surface area (Å²) >= 11 is 6.20. The number of benzene rings is 3. The Morgan fingerprint density at radius 2 is 1.56 bits per heavy atom. The number of nitrogens with one attached hydrogen (secondary N) is 1. The van der Waals surface area contributed by atoms with Crippen LogP contribution in [0.3, 0.4) is 0 Å². The van der Waals surface area contributed by atoms with E-state index in [1.807, 2.05) is 6.07 Å². The van der Waals surface area contributed by atoms with Gasteiger partial charge >= 0.3 is 0 Å². The average Bonchev–Trinajstić information content (AvgIpc) is 3.16. The molecule has 32 heavy (non-hydrogen) atoms. The number of hydrogen-bond acceptors (Lipinski definition) is 4. The lowest BCUT2D eigenvalue weighted by Crippen LogP contribution is -2.24. The number of carbonyl (C=O) groups is 2. The third-order valence-electron chi connectivity index (χ3n) is 5.13. The fraction of sp³-hybridized carbons (Fsp3) is 0.120. The molecule has 0 saturated carbocycles. The van der Waals surface area contributed by atoms with E-state index in [9.17, 15) is 9.59 Å². The minimum atomic E-state index is -0.279. The van der Waals surface area contributed by atoms with E-state index in [0.29, 0.717) is 44.4 Å². The summed E-state index contributed by atoms with van der Waals surface area (Å²) in [7, 11) is 3.07. The van der Waals surface area contributed by atoms with Crippen molar-refractivity contribution in [2.75, 3.05) is 19.1 Å². The molecule has 0 bridgehead atoms. The number of rotatable bonds is 6. The topological polar surface area (TPSA) is 71.6 Å². The zero-order chi connectivity index (χ0) is 22.8. The van der Waals surface area contributed by atoms with Gasteiger partial charge in [0.15, 0.2) is 0 Å². The van der Waals surface area contributed by atoms with E-state index >= 15 is 0 Å². The molecule has 0 radical (unpaired) electrons. The smallest absolute Gasteiger partial charge is 0.228 e. The van der Waals surface area contributed by atoms with Crippen molar-refractivity contribution >= 4 is 45.6 Å². The van der Waals surface area contributed by atoms with Crippen LogP contribution in [-0.2, 0) is 4.79 Å². The molecule has 6 nitrogen and oxygen atoms in total. The zero-order valence-electron chi connectivity index (χ0n) is 17.8. The summed E-state index contributed by atoms with van der Waals surface area (Å²) in [6, 6.07) is 19.3. The number of methoxy groups -OCH3 is 2. The Hall–Kier alpha value is -3.77. The van der Waals surface area contributed by atoms with Crippen LogP contribution < -0.4 is 14.4 Å². The first-order valence-corrected chi connectivity index (χ1v) is 10.3. The van der Waals surface area contributed by atoms with E-state index in [2.05, 4.69) is 4.98 Å². The van der Waals surface area contributed by atoms with Gasteiger partial charge in [-0.25, -0.2) is 0 Å². The highest BCUT2D eigenvalue weighted by Gasteiger charge is 2.27. The second-order valence-electron chi connectivity index (χ2n) is 7.16. The first-order chi connectivity index (χ1) is 15.4. The number of halogens is 1. The van der Waals surface area contributed by atoms with Crippen LogP contribution in [0.5, 0.6) is 11.5 Å². The molecular weight excluding hydrogens is 428 g/mol. The number of anilines is 2. The van der Waals surface area contributed by atoms with Crippen LogP contribution in [0.2, 0.25) is 5.02 Å². The van der Waals surface area contributed by atoms with Crippen LogP contribution in [0, 0.1) is 0 Å². The highest BCUT2D eigenvalue weighted by Crippen LogP contribution is 2.40. The number of ether oxygens (including phenoxy) is 2. The van der Waals surface area contributed by atoms with Crippen molar-refractivity contribution in [3.63, 3.8) is 0 Å². The normalized spacial score (nSPS) is 10.8. The van der Waals surface area contributed by atoms with Crippen LogP contribution in [0.1, 0.15) is 23.0 Å². The highest BCUT2D eigenvalue weighted by molar-refractivity contribution is 6.31. The number of amides is 1. The molecule has 3 aromatic carbocycles. The molecule has 1 aromatic heterocycles. The Bertz CT molecular complexity index is 1290. The molecule has 1 heterocycles. The van der Waals surface area contributed by atoms with E-state index in [4.69, 9.17) is 21.1 Å². The third kappa shape index (κ3) is 3.92. The van der Waals surface area contributed by atoms with Gasteiger partial charge in [0.05, 0.1) is 25.6 Å². The summed E-state index contributed by atoms with van der Waals surface area (Å²) in [5.41, 5.74) is 2.37. The molecule has 0 saturated heterocycles. The lowest BCUT2D eigenvalue weighted by molar-refractivity contribution is -0.115. The van der Waals surface area contributed by atoms with E-state index in [1.54, 1.807) is 60.7 Å². The predicted octanol–water partition coefficient (Wildman–Crippen LogP) is 5.75. The fourth-order valence-electron chi connectivity index (χ4n) is 3.68. The van der Waals surface area contributed by atoms with Crippen molar-refractivity contribution in [1.29, 1.82) is 0 Å². The van der Waals surface area contributed by atoms with Gasteiger partial charge in [-0.05, 0) is 18.2 Å². The van der Waals surface area contributed by atoms with Gasteiger partial charge in [-0.15, -0.1) is 0 Å². The van der Waals surface area contributed by atoms with E-state index in [1.165, 1.54) is 26.0 Å². The Balaban J connectivity index is 2.00. The SMILES string of the molecule is COc1cc(OC)cc(N(C(C)=O)c2c(C(=O)c3ccccc3)[nH]c3cc(Cl)ccc23)c1. The van der Waals surface area contributed by atoms with Crippen LogP contribution in [0.4, 0.5) is 11.4 Å². The Morgan fingerprint density at radius 3 is 2.16 bits per heavy atom. The first-order valence-electron chi connectivity index (χ1n) is 9.87. The minimum absolute atomic E-state index is 0.242. The molecule has 1 N–H and O–H groups in total. The van der Waals surface area contributed by atoms with Gasteiger partial charge in [0.25, 0.3) is 0 Å². The highest BCUT2D eigenvalue weighted by atomic mass is 35.5. The number of fused-ring (bicyclic) bond motifs is 1. The van der Waals surface area contributed by atoms with Crippen molar-refractivity contribution in [3.05, 3.63) is 83.0 Å². The van der Waals surface area contributed by atoms with E-state index < -0.39 is 0 Å². The minimum Gasteiger partial charge on any atom is -0.497 e. The molecule has 0 spiro atoms. The van der Waals surface area contributed by atoms with Gasteiger partial charge in [0, 0.05) is 46.6 Å². The maximum atomic E-state index is 13.5. The maximum Gasteiger partial charge on any atom is 0.228 e. The number of aromatic nitrogens is 1. The number of carbonyl (C=O) groups excluding carboxylic acids is 2. The van der Waals surface area contributed by atoms with Crippen molar-refractivity contribution in [1.82, 2.24) is 4.98 Å². The molecule has 0 unspecified atom stereocenters. The predicted molar refractivity (Wildman–Crippen MR) is 126 cm³/mol. The van der Waals surface area contributed by atoms with Crippen LogP contribution in [-0.4, -0.2) is 30.9 Å². The summed E-state index contributed by atoms with van der Waals surface area (Å²) in [4.78, 5) is 31.1. The summed E-state index contributed by atoms with van der Waals surface area (Å²) in [5, 5.41) is 1.20. The second kappa shape index (κ2) is 8.77. The summed E-state index contributed by atoms with van der Waals surface area (Å²) in [6.07, 6.45) is 0. The van der Waals surface area contributed by atoms with Crippen molar-refractivity contribution < 1.29 is 19.1 Å². The fourth-order valence-corrected chi connectivity index (χ4v) is 3.85. The number of nitrogens with zero attached hydrogens (tertiary/aromatic N) is 1. The molecule has 162 valence electrons. The lowest BCUT2D eigenvalue weighted by Gasteiger charge is -2.23. The summed E-state index contributed by atoms with van der Waals surface area (Å²) < 4.78 is 10.8. The molecule has 1 amide bonds.